The number of unbranched alkanes of at least 4 members (excludes halogenated alkanes) is 2. The van der Waals surface area contributed by atoms with Gasteiger partial charge in [0.1, 0.15) is 12.9 Å². The number of alkyl carbamates (subject to hydrolysis) is 1. The molecule has 1 unspecified atom stereocenters. The highest BCUT2D eigenvalue weighted by atomic mass is 31.2. The van der Waals surface area contributed by atoms with Crippen molar-refractivity contribution >= 4 is 19.5 Å². The molecule has 1 aromatic rings. The number of rotatable bonds is 13. The zero-order valence-electron chi connectivity index (χ0n) is 17.5. The van der Waals surface area contributed by atoms with Gasteiger partial charge in [-0.3, -0.25) is 9.36 Å². The quantitative estimate of drug-likeness (QED) is 0.283. The molecule has 9 heteroatoms. The predicted octanol–water partition coefficient (Wildman–Crippen LogP) is 3.37. The first-order valence-corrected chi connectivity index (χ1v) is 11.9. The second-order valence-corrected chi connectivity index (χ2v) is 9.39. The largest absolute Gasteiger partial charge is 0.445 e. The van der Waals surface area contributed by atoms with Crippen LogP contribution in [0.15, 0.2) is 30.3 Å². The molecule has 0 heterocycles. The number of hydrogen-bond acceptors (Lipinski definition) is 4. The van der Waals surface area contributed by atoms with Crippen LogP contribution in [0.25, 0.3) is 0 Å². The van der Waals surface area contributed by atoms with Gasteiger partial charge in [0.05, 0.1) is 6.04 Å². The van der Waals surface area contributed by atoms with Gasteiger partial charge in [-0.15, -0.1) is 0 Å². The zero-order chi connectivity index (χ0) is 21.7. The first kappa shape index (κ1) is 25.1. The lowest BCUT2D eigenvalue weighted by molar-refractivity contribution is -0.123. The van der Waals surface area contributed by atoms with Crippen molar-refractivity contribution in [1.29, 1.82) is 0 Å². The van der Waals surface area contributed by atoms with Crippen molar-refractivity contribution in [2.24, 2.45) is 5.92 Å². The summed E-state index contributed by atoms with van der Waals surface area (Å²) in [5, 5.41) is 7.61. The van der Waals surface area contributed by atoms with Crippen LogP contribution in [0.5, 0.6) is 0 Å². The van der Waals surface area contributed by atoms with Crippen LogP contribution in [0.1, 0.15) is 52.0 Å². The van der Waals surface area contributed by atoms with Crippen molar-refractivity contribution in [1.82, 2.24) is 15.7 Å². The lowest BCUT2D eigenvalue weighted by Crippen LogP contribution is -2.45. The molecule has 0 saturated carbocycles. The molecule has 0 aliphatic heterocycles. The second-order valence-electron chi connectivity index (χ2n) is 7.41. The molecule has 0 aromatic heterocycles. The molecular weight excluding hydrogens is 393 g/mol. The van der Waals surface area contributed by atoms with E-state index >= 15 is 0 Å². The topological polar surface area (TPSA) is 117 Å². The second kappa shape index (κ2) is 13.4. The van der Waals surface area contributed by atoms with Gasteiger partial charge in [0.25, 0.3) is 7.52 Å². The van der Waals surface area contributed by atoms with Crippen LogP contribution in [0.2, 0.25) is 0 Å². The van der Waals surface area contributed by atoms with E-state index in [1.54, 1.807) is 12.1 Å². The third-order valence-corrected chi connectivity index (χ3v) is 5.41. The fraction of sp³-hybridized carbons (Fsp3) is 0.600. The van der Waals surface area contributed by atoms with Gasteiger partial charge in [-0.2, -0.15) is 0 Å². The smallest absolute Gasteiger partial charge is 0.407 e. The van der Waals surface area contributed by atoms with Gasteiger partial charge in [0.15, 0.2) is 0 Å². The molecule has 1 rings (SSSR count). The van der Waals surface area contributed by atoms with Crippen LogP contribution in [-0.4, -0.2) is 35.8 Å². The fourth-order valence-electron chi connectivity index (χ4n) is 2.63. The lowest BCUT2D eigenvalue weighted by Gasteiger charge is -2.23. The van der Waals surface area contributed by atoms with E-state index in [-0.39, 0.29) is 18.4 Å². The van der Waals surface area contributed by atoms with Crippen LogP contribution < -0.4 is 15.7 Å². The lowest BCUT2D eigenvalue weighted by atomic mass is 10.0. The standard InChI is InChI=1S/C20H34N3O5P/c1-4-5-9-12-21-19(24)18(13-16(2)3)23-29(26,27)15-22-20(25)28-14-17-10-7-6-8-11-17/h6-8,10-11,16,18H,4-5,9,12-15H2,1-3H3,(H,21,24)(H,22,25)(H2,23,26,27)/t18-/m0/s1. The maximum atomic E-state index is 12.5. The molecule has 0 aliphatic carbocycles. The Hall–Kier alpha value is -1.89. The summed E-state index contributed by atoms with van der Waals surface area (Å²) >= 11 is 0. The van der Waals surface area contributed by atoms with Crippen molar-refractivity contribution in [3.05, 3.63) is 35.9 Å². The van der Waals surface area contributed by atoms with Crippen molar-refractivity contribution in [3.63, 3.8) is 0 Å². The maximum Gasteiger partial charge on any atom is 0.407 e. The van der Waals surface area contributed by atoms with Gasteiger partial charge >= 0.3 is 6.09 Å². The van der Waals surface area contributed by atoms with E-state index in [1.807, 2.05) is 32.0 Å². The Morgan fingerprint density at radius 2 is 1.83 bits per heavy atom. The number of hydrogen-bond donors (Lipinski definition) is 4. The van der Waals surface area contributed by atoms with Gasteiger partial charge < -0.3 is 20.3 Å². The van der Waals surface area contributed by atoms with Gasteiger partial charge in [-0.1, -0.05) is 63.9 Å². The van der Waals surface area contributed by atoms with Gasteiger partial charge in [-0.25, -0.2) is 9.88 Å². The summed E-state index contributed by atoms with van der Waals surface area (Å²) < 4.78 is 17.5. The maximum absolute atomic E-state index is 12.5. The first-order chi connectivity index (χ1) is 13.7. The number of amides is 2. The summed E-state index contributed by atoms with van der Waals surface area (Å²) in [5.41, 5.74) is 0.810. The van der Waals surface area contributed by atoms with Crippen LogP contribution in [0.3, 0.4) is 0 Å². The molecule has 4 N–H and O–H groups in total. The molecule has 2 amide bonds. The minimum atomic E-state index is -3.98. The summed E-state index contributed by atoms with van der Waals surface area (Å²) in [5.74, 6) is -0.159. The number of carbonyl (C=O) groups excluding carboxylic acids is 2. The number of benzene rings is 1. The molecule has 0 fully saturated rings. The normalized spacial score (nSPS) is 14.1. The highest BCUT2D eigenvalue weighted by Gasteiger charge is 2.29. The Labute approximate surface area is 173 Å². The molecule has 29 heavy (non-hydrogen) atoms. The molecular formula is C20H34N3O5P. The van der Waals surface area contributed by atoms with E-state index in [2.05, 4.69) is 22.6 Å². The van der Waals surface area contributed by atoms with Crippen LogP contribution in [0.4, 0.5) is 4.79 Å². The summed E-state index contributed by atoms with van der Waals surface area (Å²) in [7, 11) is -3.98. The molecule has 0 bridgehead atoms. The third-order valence-electron chi connectivity index (χ3n) is 4.11. The minimum Gasteiger partial charge on any atom is -0.445 e. The monoisotopic (exact) mass is 427 g/mol. The summed E-state index contributed by atoms with van der Waals surface area (Å²) in [6.07, 6.45) is 2.00. The number of carbonyl (C=O) groups is 2. The molecule has 164 valence electrons. The van der Waals surface area contributed by atoms with Gasteiger partial charge in [0.2, 0.25) is 5.91 Å². The summed E-state index contributed by atoms with van der Waals surface area (Å²) in [6.45, 7) is 6.53. The Balaban J connectivity index is 2.50. The highest BCUT2D eigenvalue weighted by Crippen LogP contribution is 2.35. The van der Waals surface area contributed by atoms with Gasteiger partial charge in [-0.05, 0) is 24.3 Å². The third kappa shape index (κ3) is 11.6. The summed E-state index contributed by atoms with van der Waals surface area (Å²) in [4.78, 5) is 34.4. The van der Waals surface area contributed by atoms with E-state index in [0.29, 0.717) is 13.0 Å². The van der Waals surface area contributed by atoms with Crippen molar-refractivity contribution < 1.29 is 23.8 Å². The van der Waals surface area contributed by atoms with E-state index in [9.17, 15) is 19.0 Å². The number of ether oxygens (including phenoxy) is 1. The molecule has 2 atom stereocenters. The first-order valence-electron chi connectivity index (χ1n) is 10.1. The molecule has 8 nitrogen and oxygen atoms in total. The van der Waals surface area contributed by atoms with E-state index in [0.717, 1.165) is 24.8 Å². The Bertz CT molecular complexity index is 669. The molecule has 0 saturated heterocycles. The fourth-order valence-corrected chi connectivity index (χ4v) is 3.78. The van der Waals surface area contributed by atoms with Crippen LogP contribution >= 0.6 is 7.52 Å². The Morgan fingerprint density at radius 1 is 1.14 bits per heavy atom. The molecule has 0 spiro atoms. The highest BCUT2D eigenvalue weighted by molar-refractivity contribution is 7.55. The summed E-state index contributed by atoms with van der Waals surface area (Å²) in [6, 6.07) is 8.30. The van der Waals surface area contributed by atoms with Crippen molar-refractivity contribution in [2.45, 2.75) is 59.1 Å². The van der Waals surface area contributed by atoms with E-state index in [4.69, 9.17) is 4.74 Å². The van der Waals surface area contributed by atoms with Crippen LogP contribution in [-0.2, 0) is 20.7 Å². The molecule has 1 aromatic carbocycles. The van der Waals surface area contributed by atoms with Crippen molar-refractivity contribution in [2.75, 3.05) is 12.8 Å². The van der Waals surface area contributed by atoms with E-state index in [1.165, 1.54) is 0 Å². The predicted molar refractivity (Wildman–Crippen MR) is 113 cm³/mol. The molecule has 0 radical (unpaired) electrons. The number of nitrogens with one attached hydrogen (secondary N) is 3. The average Bonchev–Trinajstić information content (AvgIpc) is 2.68. The van der Waals surface area contributed by atoms with Crippen molar-refractivity contribution in [3.8, 4) is 0 Å². The van der Waals surface area contributed by atoms with Crippen LogP contribution in [0, 0.1) is 5.92 Å². The zero-order valence-corrected chi connectivity index (χ0v) is 18.4. The van der Waals surface area contributed by atoms with E-state index < -0.39 is 25.9 Å². The van der Waals surface area contributed by atoms with Gasteiger partial charge in [0, 0.05) is 6.54 Å². The Morgan fingerprint density at radius 3 is 2.45 bits per heavy atom. The SMILES string of the molecule is CCCCCNC(=O)[C@H](CC(C)C)NP(=O)(O)CNC(=O)OCc1ccccc1. The minimum absolute atomic E-state index is 0.0615. The molecule has 0 aliphatic rings. The average molecular weight is 427 g/mol. The Kier molecular flexibility index (Phi) is 11.6.